The molecule has 0 amide bonds. The first-order chi connectivity index (χ1) is 13.6. The molecule has 0 radical (unpaired) electrons. The largest absolute Gasteiger partial charge is 0.0776 e. The summed E-state index contributed by atoms with van der Waals surface area (Å²) in [6.07, 6.45) is 28.7. The van der Waals surface area contributed by atoms with E-state index in [1.165, 1.54) is 128 Å². The van der Waals surface area contributed by atoms with Gasteiger partial charge in [0.2, 0.25) is 0 Å². The molecule has 0 aromatic rings. The maximum atomic E-state index is 2.44. The molecule has 0 nitrogen and oxygen atoms in total. The zero-order chi connectivity index (χ0) is 21.3. The normalized spacial score (nSPS) is 8.67. The second-order valence-corrected chi connectivity index (χ2v) is 9.61. The molecule has 0 bridgehead atoms. The lowest BCUT2D eigenvalue weighted by Gasteiger charge is -2.10. The number of unbranched alkanes of at least 4 members (excludes halogenated alkanes) is 12. The van der Waals surface area contributed by atoms with Gasteiger partial charge in [-0.05, 0) is 11.8 Å². The van der Waals surface area contributed by atoms with E-state index in [4.69, 9.17) is 0 Å². The SMILES string of the molecule is C.C.C.C.C.C.C.C.CCCCCC(C)CCCCC.CCCCCCCC(C)CCCCCCC. The molecule has 0 N–H and O–H groups in total. The van der Waals surface area contributed by atoms with Crippen LogP contribution in [0, 0.1) is 11.8 Å². The highest BCUT2D eigenvalue weighted by atomic mass is 14.1. The van der Waals surface area contributed by atoms with Gasteiger partial charge in [-0.2, -0.15) is 0 Å². The molecule has 0 aliphatic rings. The maximum Gasteiger partial charge on any atom is -0.0443 e. The van der Waals surface area contributed by atoms with Crippen LogP contribution < -0.4 is 0 Å². The third kappa shape index (κ3) is 64.3. The molecule has 0 heterocycles. The van der Waals surface area contributed by atoms with Crippen LogP contribution in [-0.4, -0.2) is 0 Å². The molecule has 0 rings (SSSR count). The Morgan fingerprint density at radius 1 is 0.278 bits per heavy atom. The van der Waals surface area contributed by atoms with Crippen molar-refractivity contribution in [3.8, 4) is 0 Å². The van der Waals surface area contributed by atoms with Crippen LogP contribution in [0.25, 0.3) is 0 Å². The monoisotopic (exact) mass is 525 g/mol. The van der Waals surface area contributed by atoms with Gasteiger partial charge in [0, 0.05) is 0 Å². The second-order valence-electron chi connectivity index (χ2n) is 9.61. The second kappa shape index (κ2) is 59.9. The van der Waals surface area contributed by atoms with Crippen molar-refractivity contribution in [2.45, 2.75) is 229 Å². The van der Waals surface area contributed by atoms with E-state index in [0.29, 0.717) is 0 Å². The maximum absolute atomic E-state index is 2.44. The van der Waals surface area contributed by atoms with E-state index in [0.717, 1.165) is 11.8 Å². The first-order valence-corrected chi connectivity index (χ1v) is 13.6. The smallest absolute Gasteiger partial charge is 0.0443 e. The summed E-state index contributed by atoms with van der Waals surface area (Å²) in [6, 6.07) is 0. The minimum atomic E-state index is 0. The van der Waals surface area contributed by atoms with Crippen LogP contribution in [0.2, 0.25) is 0 Å². The predicted molar refractivity (Wildman–Crippen MR) is 187 cm³/mol. The van der Waals surface area contributed by atoms with Gasteiger partial charge in [-0.1, -0.05) is 229 Å². The minimum Gasteiger partial charge on any atom is -0.0776 e. The zero-order valence-corrected chi connectivity index (χ0v) is 21.3. The fraction of sp³-hybridized carbons (Fsp3) is 1.00. The molecule has 0 atom stereocenters. The van der Waals surface area contributed by atoms with Crippen LogP contribution >= 0.6 is 0 Å². The fourth-order valence-corrected chi connectivity index (χ4v) is 3.97. The van der Waals surface area contributed by atoms with Gasteiger partial charge in [0.15, 0.2) is 0 Å². The summed E-state index contributed by atoms with van der Waals surface area (Å²) in [5.74, 6) is 1.95. The van der Waals surface area contributed by atoms with Crippen LogP contribution in [0.1, 0.15) is 229 Å². The first-order valence-electron chi connectivity index (χ1n) is 13.6. The Bertz CT molecular complexity index is 220. The Balaban J connectivity index is -0.0000000393. The molecule has 0 saturated heterocycles. The molecule has 0 aliphatic heterocycles. The van der Waals surface area contributed by atoms with E-state index in [1.54, 1.807) is 0 Å². The summed E-state index contributed by atoms with van der Waals surface area (Å²) < 4.78 is 0. The molecule has 0 spiro atoms. The van der Waals surface area contributed by atoms with E-state index in [-0.39, 0.29) is 59.4 Å². The molecular formula is C36H92. The standard InChI is InChI=1S/C16H34.C12H26.8CH4/c1-4-6-8-10-12-14-16(3)15-13-11-9-7-5-2;1-4-6-8-10-12(3)11-9-7-5-2;;;;;;;;/h16H,4-15H2,1-3H3;12H,4-11H2,1-3H3;8*1H4. The van der Waals surface area contributed by atoms with Crippen molar-refractivity contribution in [1.82, 2.24) is 0 Å². The number of hydrogen-bond donors (Lipinski definition) is 0. The Kier molecular flexibility index (Phi) is 108. The van der Waals surface area contributed by atoms with E-state index in [1.807, 2.05) is 0 Å². The summed E-state index contributed by atoms with van der Waals surface area (Å²) in [6.45, 7) is 14.0. The molecule has 0 unspecified atom stereocenters. The average Bonchev–Trinajstić information content (AvgIpc) is 2.68. The minimum absolute atomic E-state index is 0. The molecule has 0 fully saturated rings. The van der Waals surface area contributed by atoms with Crippen LogP contribution in [0.4, 0.5) is 0 Å². The summed E-state index contributed by atoms with van der Waals surface area (Å²) in [5.41, 5.74) is 0. The summed E-state index contributed by atoms with van der Waals surface area (Å²) in [5, 5.41) is 0. The zero-order valence-electron chi connectivity index (χ0n) is 21.3. The highest BCUT2D eigenvalue weighted by Gasteiger charge is 2.02. The van der Waals surface area contributed by atoms with Crippen molar-refractivity contribution in [2.75, 3.05) is 0 Å². The lowest BCUT2D eigenvalue weighted by molar-refractivity contribution is 0.433. The van der Waals surface area contributed by atoms with Crippen molar-refractivity contribution >= 4 is 0 Å². The number of hydrogen-bond acceptors (Lipinski definition) is 0. The van der Waals surface area contributed by atoms with Crippen molar-refractivity contribution in [2.24, 2.45) is 11.8 Å². The molecule has 0 aromatic carbocycles. The molecule has 0 aliphatic carbocycles. The molecule has 236 valence electrons. The molecular weight excluding hydrogens is 432 g/mol. The Labute approximate surface area is 241 Å². The average molecular weight is 525 g/mol. The Morgan fingerprint density at radius 3 is 0.667 bits per heavy atom. The van der Waals surface area contributed by atoms with Crippen LogP contribution in [0.15, 0.2) is 0 Å². The van der Waals surface area contributed by atoms with Crippen LogP contribution in [0.5, 0.6) is 0 Å². The van der Waals surface area contributed by atoms with E-state index in [9.17, 15) is 0 Å². The molecule has 36 heavy (non-hydrogen) atoms. The third-order valence-electron chi connectivity index (χ3n) is 6.20. The summed E-state index contributed by atoms with van der Waals surface area (Å²) in [4.78, 5) is 0. The highest BCUT2D eigenvalue weighted by Crippen LogP contribution is 2.18. The quantitative estimate of drug-likeness (QED) is 0.139. The van der Waals surface area contributed by atoms with Crippen LogP contribution in [-0.2, 0) is 0 Å². The van der Waals surface area contributed by atoms with Gasteiger partial charge in [0.25, 0.3) is 0 Å². The fourth-order valence-electron chi connectivity index (χ4n) is 3.97. The van der Waals surface area contributed by atoms with E-state index < -0.39 is 0 Å². The number of rotatable bonds is 20. The van der Waals surface area contributed by atoms with Gasteiger partial charge in [0.05, 0.1) is 0 Å². The molecule has 0 saturated carbocycles. The van der Waals surface area contributed by atoms with Gasteiger partial charge < -0.3 is 0 Å². The van der Waals surface area contributed by atoms with Crippen LogP contribution in [0.3, 0.4) is 0 Å². The van der Waals surface area contributed by atoms with Gasteiger partial charge in [-0.3, -0.25) is 0 Å². The van der Waals surface area contributed by atoms with Gasteiger partial charge in [0.1, 0.15) is 0 Å². The van der Waals surface area contributed by atoms with Gasteiger partial charge >= 0.3 is 0 Å². The van der Waals surface area contributed by atoms with Crippen molar-refractivity contribution in [3.05, 3.63) is 0 Å². The highest BCUT2D eigenvalue weighted by molar-refractivity contribution is 4.55. The van der Waals surface area contributed by atoms with Crippen molar-refractivity contribution in [3.63, 3.8) is 0 Å². The third-order valence-corrected chi connectivity index (χ3v) is 6.20. The Hall–Kier alpha value is 0. The van der Waals surface area contributed by atoms with Crippen molar-refractivity contribution in [1.29, 1.82) is 0 Å². The summed E-state index contributed by atoms with van der Waals surface area (Å²) >= 11 is 0. The lowest BCUT2D eigenvalue weighted by Crippen LogP contribution is -1.95. The van der Waals surface area contributed by atoms with Gasteiger partial charge in [-0.25, -0.2) is 0 Å². The first kappa shape index (κ1) is 65.2. The lowest BCUT2D eigenvalue weighted by atomic mass is 9.96. The predicted octanol–water partition coefficient (Wildman–Crippen LogP) is 16.2. The molecule has 0 heteroatoms. The van der Waals surface area contributed by atoms with E-state index in [2.05, 4.69) is 41.5 Å². The molecule has 0 aromatic heterocycles. The van der Waals surface area contributed by atoms with Gasteiger partial charge in [-0.15, -0.1) is 0 Å². The van der Waals surface area contributed by atoms with Crippen molar-refractivity contribution < 1.29 is 0 Å². The van der Waals surface area contributed by atoms with E-state index >= 15 is 0 Å². The topological polar surface area (TPSA) is 0 Å². The Morgan fingerprint density at radius 2 is 0.444 bits per heavy atom. The summed E-state index contributed by atoms with van der Waals surface area (Å²) in [7, 11) is 0.